The van der Waals surface area contributed by atoms with E-state index in [0.29, 0.717) is 16.5 Å². The Labute approximate surface area is 148 Å². The number of pyridine rings is 1. The summed E-state index contributed by atoms with van der Waals surface area (Å²) in [5, 5.41) is 3.45. The zero-order valence-corrected chi connectivity index (χ0v) is 14.5. The van der Waals surface area contributed by atoms with E-state index in [0.717, 1.165) is 15.8 Å². The van der Waals surface area contributed by atoms with Gasteiger partial charge in [0.15, 0.2) is 5.13 Å². The van der Waals surface area contributed by atoms with Gasteiger partial charge in [-0.2, -0.15) is 0 Å². The van der Waals surface area contributed by atoms with Crippen molar-refractivity contribution in [3.63, 3.8) is 0 Å². The second kappa shape index (κ2) is 6.10. The number of rotatable bonds is 3. The molecule has 0 aliphatic carbocycles. The highest BCUT2D eigenvalue weighted by Gasteiger charge is 2.12. The summed E-state index contributed by atoms with van der Waals surface area (Å²) in [6.07, 6.45) is 6.69. The van der Waals surface area contributed by atoms with Crippen LogP contribution in [0.15, 0.2) is 49.2 Å². The number of amides is 1. The van der Waals surface area contributed by atoms with E-state index in [1.54, 1.807) is 41.6 Å². The van der Waals surface area contributed by atoms with Crippen molar-refractivity contribution in [1.82, 2.24) is 19.5 Å². The first-order valence-electron chi connectivity index (χ1n) is 7.74. The molecule has 1 N–H and O–H groups in total. The number of nitrogens with one attached hydrogen (secondary N) is 1. The number of fused-ring (bicyclic) bond motifs is 1. The van der Waals surface area contributed by atoms with Gasteiger partial charge < -0.3 is 0 Å². The van der Waals surface area contributed by atoms with E-state index in [1.165, 1.54) is 16.9 Å². The molecule has 0 bridgehead atoms. The van der Waals surface area contributed by atoms with Gasteiger partial charge in [-0.25, -0.2) is 15.0 Å². The molecule has 1 aromatic carbocycles. The Morgan fingerprint density at radius 1 is 1.24 bits per heavy atom. The van der Waals surface area contributed by atoms with Crippen LogP contribution in [0.3, 0.4) is 0 Å². The Balaban J connectivity index is 1.56. The lowest BCUT2D eigenvalue weighted by Gasteiger charge is -2.03. The number of aromatic nitrogens is 4. The summed E-state index contributed by atoms with van der Waals surface area (Å²) in [6, 6.07) is 7.69. The molecular formula is C18H15N5OS. The predicted molar refractivity (Wildman–Crippen MR) is 98.4 cm³/mol. The van der Waals surface area contributed by atoms with Crippen LogP contribution >= 0.6 is 11.3 Å². The lowest BCUT2D eigenvalue weighted by Crippen LogP contribution is -2.12. The van der Waals surface area contributed by atoms with E-state index in [1.807, 2.05) is 6.92 Å². The third kappa shape index (κ3) is 3.01. The molecule has 25 heavy (non-hydrogen) atoms. The fraction of sp³-hybridized carbons (Fsp3) is 0.111. The number of nitrogens with zero attached hydrogens (tertiary/aromatic N) is 4. The smallest absolute Gasteiger partial charge is 0.259 e. The van der Waals surface area contributed by atoms with E-state index in [-0.39, 0.29) is 5.91 Å². The Morgan fingerprint density at radius 2 is 2.12 bits per heavy atom. The molecule has 3 heterocycles. The largest absolute Gasteiger partial charge is 0.298 e. The van der Waals surface area contributed by atoms with E-state index in [4.69, 9.17) is 0 Å². The van der Waals surface area contributed by atoms with E-state index < -0.39 is 0 Å². The minimum atomic E-state index is -0.224. The first-order chi connectivity index (χ1) is 12.1. The third-order valence-electron chi connectivity index (χ3n) is 3.83. The summed E-state index contributed by atoms with van der Waals surface area (Å²) < 4.78 is 2.85. The number of hydrogen-bond acceptors (Lipinski definition) is 5. The molecule has 0 spiro atoms. The highest BCUT2D eigenvalue weighted by Crippen LogP contribution is 2.29. The summed E-state index contributed by atoms with van der Waals surface area (Å²) in [6.45, 7) is 4.08. The van der Waals surface area contributed by atoms with Gasteiger partial charge in [0.1, 0.15) is 12.1 Å². The van der Waals surface area contributed by atoms with Gasteiger partial charge in [-0.05, 0) is 43.2 Å². The fourth-order valence-electron chi connectivity index (χ4n) is 2.66. The van der Waals surface area contributed by atoms with E-state index in [2.05, 4.69) is 39.3 Å². The molecule has 0 fully saturated rings. The van der Waals surface area contributed by atoms with Crippen molar-refractivity contribution >= 4 is 32.6 Å². The molecule has 6 nitrogen and oxygen atoms in total. The molecule has 0 unspecified atom stereocenters. The van der Waals surface area contributed by atoms with Gasteiger partial charge in [-0.15, -0.1) is 0 Å². The molecule has 124 valence electrons. The summed E-state index contributed by atoms with van der Waals surface area (Å²) in [7, 11) is 0. The highest BCUT2D eigenvalue weighted by molar-refractivity contribution is 7.22. The number of hydrogen-bond donors (Lipinski definition) is 1. The minimum Gasteiger partial charge on any atom is -0.298 e. The Kier molecular flexibility index (Phi) is 3.77. The fourth-order valence-corrected chi connectivity index (χ4v) is 3.70. The maximum Gasteiger partial charge on any atom is 0.259 e. The topological polar surface area (TPSA) is 72.7 Å². The van der Waals surface area contributed by atoms with Gasteiger partial charge >= 0.3 is 0 Å². The van der Waals surface area contributed by atoms with E-state index >= 15 is 0 Å². The van der Waals surface area contributed by atoms with Crippen LogP contribution < -0.4 is 5.32 Å². The molecule has 0 saturated carbocycles. The number of anilines is 1. The van der Waals surface area contributed by atoms with E-state index in [9.17, 15) is 4.79 Å². The zero-order chi connectivity index (χ0) is 17.4. The quantitative estimate of drug-likeness (QED) is 0.611. The molecule has 0 aliphatic heterocycles. The lowest BCUT2D eigenvalue weighted by molar-refractivity contribution is 0.102. The minimum absolute atomic E-state index is 0.224. The van der Waals surface area contributed by atoms with Crippen LogP contribution in [-0.4, -0.2) is 25.4 Å². The number of carbonyl (C=O) groups is 1. The van der Waals surface area contributed by atoms with Crippen LogP contribution in [0.1, 0.15) is 21.5 Å². The molecule has 0 atom stereocenters. The summed E-state index contributed by atoms with van der Waals surface area (Å²) in [5.74, 6) is 0.484. The Morgan fingerprint density at radius 3 is 2.84 bits per heavy atom. The predicted octanol–water partition coefficient (Wildman–Crippen LogP) is 3.75. The average molecular weight is 349 g/mol. The molecule has 1 amide bonds. The maximum atomic E-state index is 12.4. The van der Waals surface area contributed by atoms with Gasteiger partial charge in [0.2, 0.25) is 0 Å². The molecule has 0 aliphatic rings. The summed E-state index contributed by atoms with van der Waals surface area (Å²) >= 11 is 1.47. The van der Waals surface area contributed by atoms with Crippen molar-refractivity contribution in [3.8, 4) is 5.82 Å². The van der Waals surface area contributed by atoms with Crippen molar-refractivity contribution in [1.29, 1.82) is 0 Å². The molecule has 4 rings (SSSR count). The van der Waals surface area contributed by atoms with Crippen molar-refractivity contribution in [2.45, 2.75) is 13.8 Å². The molecule has 0 saturated heterocycles. The van der Waals surface area contributed by atoms with Crippen LogP contribution in [-0.2, 0) is 0 Å². The summed E-state index contributed by atoms with van der Waals surface area (Å²) in [4.78, 5) is 25.2. The van der Waals surface area contributed by atoms with Gasteiger partial charge in [0, 0.05) is 18.6 Å². The van der Waals surface area contributed by atoms with Gasteiger partial charge in [0.05, 0.1) is 15.8 Å². The van der Waals surface area contributed by atoms with Gasteiger partial charge in [-0.3, -0.25) is 14.7 Å². The number of aryl methyl sites for hydroxylation is 2. The highest BCUT2D eigenvalue weighted by atomic mass is 32.1. The summed E-state index contributed by atoms with van der Waals surface area (Å²) in [5.41, 5.74) is 3.71. The molecular weight excluding hydrogens is 334 g/mol. The number of benzene rings is 1. The monoisotopic (exact) mass is 349 g/mol. The number of thiazole rings is 1. The van der Waals surface area contributed by atoms with Crippen LogP contribution in [0.25, 0.3) is 16.0 Å². The Bertz CT molecular complexity index is 1050. The standard InChI is InChI=1S/C18H15N5OS/c1-11-7-12(2)16-14(8-11)25-18(21-16)22-17(24)13-3-4-15(20-9-13)23-6-5-19-10-23/h3-10H,1-2H3,(H,21,22,24). The van der Waals surface area contributed by atoms with Crippen LogP contribution in [0, 0.1) is 13.8 Å². The van der Waals surface area contributed by atoms with Crippen molar-refractivity contribution in [3.05, 3.63) is 65.9 Å². The number of carbonyl (C=O) groups excluding carboxylic acids is 1. The third-order valence-corrected chi connectivity index (χ3v) is 4.75. The van der Waals surface area contributed by atoms with Crippen LogP contribution in [0.4, 0.5) is 5.13 Å². The normalized spacial score (nSPS) is 11.0. The lowest BCUT2D eigenvalue weighted by atomic mass is 10.1. The Hall–Kier alpha value is -3.06. The first-order valence-corrected chi connectivity index (χ1v) is 8.55. The van der Waals surface area contributed by atoms with Crippen LogP contribution in [0.2, 0.25) is 0 Å². The van der Waals surface area contributed by atoms with Gasteiger partial charge in [-0.1, -0.05) is 17.4 Å². The molecule has 7 heteroatoms. The number of imidazole rings is 1. The second-order valence-corrected chi connectivity index (χ2v) is 6.81. The first kappa shape index (κ1) is 15.5. The SMILES string of the molecule is Cc1cc(C)c2nc(NC(=O)c3ccc(-n4ccnc4)nc3)sc2c1. The maximum absolute atomic E-state index is 12.4. The molecule has 0 radical (unpaired) electrons. The van der Waals surface area contributed by atoms with Crippen molar-refractivity contribution < 1.29 is 4.79 Å². The van der Waals surface area contributed by atoms with Crippen molar-refractivity contribution in [2.24, 2.45) is 0 Å². The van der Waals surface area contributed by atoms with Crippen LogP contribution in [0.5, 0.6) is 0 Å². The average Bonchev–Trinajstić information content (AvgIpc) is 3.24. The second-order valence-electron chi connectivity index (χ2n) is 5.78. The zero-order valence-electron chi connectivity index (χ0n) is 13.7. The van der Waals surface area contributed by atoms with Gasteiger partial charge in [0.25, 0.3) is 5.91 Å². The van der Waals surface area contributed by atoms with Crippen molar-refractivity contribution in [2.75, 3.05) is 5.32 Å². The molecule has 4 aromatic rings. The molecule has 3 aromatic heterocycles.